The number of carbonyl (C=O) groups is 1. The Hall–Kier alpha value is -1.46. The number of aromatic nitrogens is 1. The first-order chi connectivity index (χ1) is 9.76. The lowest BCUT2D eigenvalue weighted by Crippen LogP contribution is -2.49. The van der Waals surface area contributed by atoms with Gasteiger partial charge in [-0.2, -0.15) is 0 Å². The van der Waals surface area contributed by atoms with Crippen LogP contribution in [0.3, 0.4) is 0 Å². The normalized spacial score (nSPS) is 13.6. The highest BCUT2D eigenvalue weighted by Gasteiger charge is 2.23. The Labute approximate surface area is 130 Å². The molecule has 0 aliphatic carbocycles. The minimum atomic E-state index is -0.206. The number of likely N-dealkylation sites (N-methyl/N-ethyl adjacent to an activating group) is 1. The molecule has 114 valence electrons. The van der Waals surface area contributed by atoms with Crippen LogP contribution in [-0.2, 0) is 11.3 Å². The van der Waals surface area contributed by atoms with E-state index < -0.39 is 0 Å². The first-order valence-electron chi connectivity index (χ1n) is 7.13. The van der Waals surface area contributed by atoms with Gasteiger partial charge < -0.3 is 5.32 Å². The Morgan fingerprint density at radius 3 is 2.67 bits per heavy atom. The molecule has 0 radical (unpaired) electrons. The Morgan fingerprint density at radius 1 is 1.38 bits per heavy atom. The van der Waals surface area contributed by atoms with E-state index >= 15 is 0 Å². The Kier molecular flexibility index (Phi) is 4.64. The molecule has 4 nitrogen and oxygen atoms in total. The second-order valence-electron chi connectivity index (χ2n) is 6.41. The van der Waals surface area contributed by atoms with Gasteiger partial charge in [0.15, 0.2) is 0 Å². The lowest BCUT2D eigenvalue weighted by Gasteiger charge is -2.27. The van der Waals surface area contributed by atoms with E-state index in [1.807, 2.05) is 57.8 Å². The molecule has 1 N–H and O–H groups in total. The van der Waals surface area contributed by atoms with Crippen molar-refractivity contribution in [2.24, 2.45) is 0 Å². The average molecular weight is 305 g/mol. The molecule has 0 aliphatic rings. The molecule has 1 atom stereocenters. The maximum Gasteiger partial charge on any atom is 0.237 e. The van der Waals surface area contributed by atoms with Gasteiger partial charge in [-0.1, -0.05) is 12.1 Å². The summed E-state index contributed by atoms with van der Waals surface area (Å²) in [5.41, 5.74) is 0.819. The molecule has 1 aromatic heterocycles. The van der Waals surface area contributed by atoms with Crippen molar-refractivity contribution < 1.29 is 4.79 Å². The summed E-state index contributed by atoms with van der Waals surface area (Å²) < 4.78 is 1.19. The van der Waals surface area contributed by atoms with Crippen LogP contribution in [0.25, 0.3) is 10.2 Å². The number of hydrogen-bond donors (Lipinski definition) is 1. The second kappa shape index (κ2) is 6.12. The topological polar surface area (TPSA) is 45.2 Å². The lowest BCUT2D eigenvalue weighted by molar-refractivity contribution is -0.127. The summed E-state index contributed by atoms with van der Waals surface area (Å²) in [6.45, 7) is 8.58. The number of benzene rings is 1. The van der Waals surface area contributed by atoms with Crippen LogP contribution in [0, 0.1) is 0 Å². The molecule has 0 saturated carbocycles. The summed E-state index contributed by atoms with van der Waals surface area (Å²) >= 11 is 1.68. The Balaban J connectivity index is 2.03. The number of carbonyl (C=O) groups excluding carboxylic acids is 1. The van der Waals surface area contributed by atoms with Crippen LogP contribution in [0.1, 0.15) is 32.7 Å². The molecule has 2 rings (SSSR count). The van der Waals surface area contributed by atoms with Gasteiger partial charge in [0.05, 0.1) is 22.8 Å². The van der Waals surface area contributed by atoms with Crippen molar-refractivity contribution in [3.05, 3.63) is 29.3 Å². The average Bonchev–Trinajstić information content (AvgIpc) is 2.77. The number of thiazole rings is 1. The van der Waals surface area contributed by atoms with Crippen molar-refractivity contribution in [1.29, 1.82) is 0 Å². The van der Waals surface area contributed by atoms with Gasteiger partial charge in [-0.05, 0) is 46.9 Å². The van der Waals surface area contributed by atoms with E-state index in [2.05, 4.69) is 16.4 Å². The first-order valence-corrected chi connectivity index (χ1v) is 7.94. The third-order valence-corrected chi connectivity index (χ3v) is 4.28. The van der Waals surface area contributed by atoms with E-state index in [9.17, 15) is 4.79 Å². The number of para-hydroxylation sites is 1. The van der Waals surface area contributed by atoms with E-state index in [1.165, 1.54) is 4.70 Å². The Morgan fingerprint density at radius 2 is 2.05 bits per heavy atom. The first kappa shape index (κ1) is 15.9. The third kappa shape index (κ3) is 4.25. The molecule has 1 unspecified atom stereocenters. The van der Waals surface area contributed by atoms with Gasteiger partial charge in [0.25, 0.3) is 0 Å². The summed E-state index contributed by atoms with van der Waals surface area (Å²) in [4.78, 5) is 18.8. The van der Waals surface area contributed by atoms with Gasteiger partial charge in [-0.25, -0.2) is 4.98 Å². The van der Waals surface area contributed by atoms with Crippen molar-refractivity contribution >= 4 is 27.5 Å². The molecular weight excluding hydrogens is 282 g/mol. The smallest absolute Gasteiger partial charge is 0.237 e. The van der Waals surface area contributed by atoms with Crippen LogP contribution in [-0.4, -0.2) is 34.4 Å². The summed E-state index contributed by atoms with van der Waals surface area (Å²) in [5.74, 6) is 0.0473. The predicted octanol–water partition coefficient (Wildman–Crippen LogP) is 3.03. The summed E-state index contributed by atoms with van der Waals surface area (Å²) in [6, 6.07) is 7.93. The van der Waals surface area contributed by atoms with Gasteiger partial charge >= 0.3 is 0 Å². The fourth-order valence-corrected chi connectivity index (χ4v) is 3.04. The zero-order valence-corrected chi connectivity index (χ0v) is 14.1. The highest BCUT2D eigenvalue weighted by atomic mass is 32.1. The molecule has 0 bridgehead atoms. The maximum absolute atomic E-state index is 12.2. The number of fused-ring (bicyclic) bond motifs is 1. The molecular formula is C16H23N3OS. The highest BCUT2D eigenvalue weighted by molar-refractivity contribution is 7.18. The highest BCUT2D eigenvalue weighted by Crippen LogP contribution is 2.22. The van der Waals surface area contributed by atoms with E-state index in [0.29, 0.717) is 6.54 Å². The van der Waals surface area contributed by atoms with E-state index in [0.717, 1.165) is 10.5 Å². The molecule has 1 heterocycles. The van der Waals surface area contributed by atoms with Crippen molar-refractivity contribution in [3.63, 3.8) is 0 Å². The van der Waals surface area contributed by atoms with E-state index in [-0.39, 0.29) is 17.5 Å². The molecule has 5 heteroatoms. The summed E-state index contributed by atoms with van der Waals surface area (Å²) in [7, 11) is 1.96. The van der Waals surface area contributed by atoms with Crippen molar-refractivity contribution in [1.82, 2.24) is 15.2 Å². The van der Waals surface area contributed by atoms with Crippen molar-refractivity contribution in [3.8, 4) is 0 Å². The number of nitrogens with zero attached hydrogens (tertiary/aromatic N) is 2. The molecule has 0 spiro atoms. The number of rotatable bonds is 4. The zero-order chi connectivity index (χ0) is 15.6. The number of hydrogen-bond acceptors (Lipinski definition) is 4. The largest absolute Gasteiger partial charge is 0.350 e. The van der Waals surface area contributed by atoms with Gasteiger partial charge in [-0.15, -0.1) is 11.3 Å². The molecule has 0 saturated heterocycles. The van der Waals surface area contributed by atoms with E-state index in [1.54, 1.807) is 11.3 Å². The van der Waals surface area contributed by atoms with Crippen molar-refractivity contribution in [2.45, 2.75) is 45.8 Å². The lowest BCUT2D eigenvalue weighted by atomic mass is 10.1. The fraction of sp³-hybridized carbons (Fsp3) is 0.500. The minimum Gasteiger partial charge on any atom is -0.350 e. The number of amides is 1. The fourth-order valence-electron chi connectivity index (χ4n) is 2.01. The maximum atomic E-state index is 12.2. The van der Waals surface area contributed by atoms with Crippen LogP contribution in [0.2, 0.25) is 0 Å². The molecule has 0 aliphatic heterocycles. The quantitative estimate of drug-likeness (QED) is 0.944. The summed E-state index contributed by atoms with van der Waals surface area (Å²) in [6.07, 6.45) is 0. The predicted molar refractivity (Wildman–Crippen MR) is 88.4 cm³/mol. The zero-order valence-electron chi connectivity index (χ0n) is 13.3. The molecule has 1 aromatic carbocycles. The van der Waals surface area contributed by atoms with Crippen LogP contribution in [0.4, 0.5) is 0 Å². The SMILES string of the molecule is CC(C(=O)NC(C)(C)C)N(C)Cc1nc2ccccc2s1. The van der Waals surface area contributed by atoms with Gasteiger partial charge in [0.1, 0.15) is 5.01 Å². The van der Waals surface area contributed by atoms with Crippen LogP contribution >= 0.6 is 11.3 Å². The van der Waals surface area contributed by atoms with Gasteiger partial charge in [0.2, 0.25) is 5.91 Å². The van der Waals surface area contributed by atoms with Crippen LogP contribution in [0.15, 0.2) is 24.3 Å². The molecule has 2 aromatic rings. The molecule has 21 heavy (non-hydrogen) atoms. The van der Waals surface area contributed by atoms with Crippen LogP contribution < -0.4 is 5.32 Å². The standard InChI is InChI=1S/C16H23N3OS/c1-11(15(20)18-16(2,3)4)19(5)10-14-17-12-8-6-7-9-13(12)21-14/h6-9,11H,10H2,1-5H3,(H,18,20). The van der Waals surface area contributed by atoms with Crippen molar-refractivity contribution in [2.75, 3.05) is 7.05 Å². The Bertz CT molecular complexity index is 597. The molecule has 0 fully saturated rings. The monoisotopic (exact) mass is 305 g/mol. The second-order valence-corrected chi connectivity index (χ2v) is 7.52. The minimum absolute atomic E-state index is 0.0473. The third-order valence-electron chi connectivity index (χ3n) is 3.26. The van der Waals surface area contributed by atoms with E-state index in [4.69, 9.17) is 0 Å². The van der Waals surface area contributed by atoms with Gasteiger partial charge in [0, 0.05) is 5.54 Å². The summed E-state index contributed by atoms with van der Waals surface area (Å²) in [5, 5.41) is 4.05. The van der Waals surface area contributed by atoms with Crippen LogP contribution in [0.5, 0.6) is 0 Å². The number of nitrogens with one attached hydrogen (secondary N) is 1. The molecule has 1 amide bonds. The van der Waals surface area contributed by atoms with Gasteiger partial charge in [-0.3, -0.25) is 9.69 Å².